The molecular formula is C39H46N4O11S. The number of aryl methyl sites for hydroxylation is 1. The number of thiophene rings is 1. The van der Waals surface area contributed by atoms with Crippen LogP contribution in [0.15, 0.2) is 58.9 Å². The predicted molar refractivity (Wildman–Crippen MR) is 203 cm³/mol. The van der Waals surface area contributed by atoms with Crippen molar-refractivity contribution in [3.8, 4) is 5.75 Å². The molecular weight excluding hydrogens is 733 g/mol. The number of guanidine groups is 1. The van der Waals surface area contributed by atoms with E-state index in [-0.39, 0.29) is 48.4 Å². The highest BCUT2D eigenvalue weighted by molar-refractivity contribution is 7.10. The minimum atomic E-state index is -1.15. The number of carboxylic acid groups (broad SMARTS) is 2. The maximum absolute atomic E-state index is 13.4. The number of nitrogens with one attached hydrogen (secondary N) is 2. The Labute approximate surface area is 322 Å². The molecule has 2 aromatic carbocycles. The summed E-state index contributed by atoms with van der Waals surface area (Å²) in [5.74, 6) is -3.21. The fraction of sp³-hybridized carbons (Fsp3) is 0.410. The van der Waals surface area contributed by atoms with E-state index >= 15 is 0 Å². The lowest BCUT2D eigenvalue weighted by molar-refractivity contribution is -0.145. The predicted octanol–water partition coefficient (Wildman–Crippen LogP) is 6.55. The molecule has 4 N–H and O–H groups in total. The van der Waals surface area contributed by atoms with Gasteiger partial charge in [-0.25, -0.2) is 19.4 Å². The molecule has 0 saturated carbocycles. The van der Waals surface area contributed by atoms with E-state index in [9.17, 15) is 33.9 Å². The standard InChI is InChI=1S/C39H46N4O11S/c1-38(2,3)53-36(50)41-35(42-37(51)54-39(4,5)6)40-27-12-10-24(11-13-27)34(49)52-28-14-15-30-25(17-28)8-7-9-26(30)18-31(44)43(21-33(47)48)20-23-16-29(55-22-23)19-32(45)46/h10-17,22,26H,7-9,18-21H2,1-6H3,(H,45,46)(H,47,48)(H2,40,41,42,50,51). The van der Waals surface area contributed by atoms with Gasteiger partial charge in [0.1, 0.15) is 23.5 Å². The number of nitrogens with zero attached hydrogens (tertiary/aromatic N) is 2. The zero-order valence-corrected chi connectivity index (χ0v) is 32.4. The van der Waals surface area contributed by atoms with E-state index in [1.54, 1.807) is 65.1 Å². The summed E-state index contributed by atoms with van der Waals surface area (Å²) in [6, 6.07) is 12.9. The number of carboxylic acids is 2. The van der Waals surface area contributed by atoms with Crippen molar-refractivity contribution in [1.29, 1.82) is 0 Å². The third kappa shape index (κ3) is 13.9. The van der Waals surface area contributed by atoms with Crippen LogP contribution in [0.3, 0.4) is 0 Å². The first kappa shape index (κ1) is 42.0. The molecule has 0 fully saturated rings. The average Bonchev–Trinajstić information content (AvgIpc) is 3.48. The van der Waals surface area contributed by atoms with Crippen molar-refractivity contribution >= 4 is 59.0 Å². The van der Waals surface area contributed by atoms with Crippen LogP contribution in [-0.4, -0.2) is 74.8 Å². The number of aliphatic imine (C=N–C) groups is 1. The van der Waals surface area contributed by atoms with Crippen molar-refractivity contribution in [1.82, 2.24) is 15.5 Å². The van der Waals surface area contributed by atoms with Gasteiger partial charge in [0.05, 0.1) is 17.7 Å². The van der Waals surface area contributed by atoms with Gasteiger partial charge in [0.15, 0.2) is 0 Å². The van der Waals surface area contributed by atoms with E-state index < -0.39 is 47.8 Å². The summed E-state index contributed by atoms with van der Waals surface area (Å²) in [6.45, 7) is 9.67. The summed E-state index contributed by atoms with van der Waals surface area (Å²) in [5.41, 5.74) is 1.39. The Bertz CT molecular complexity index is 1910. The summed E-state index contributed by atoms with van der Waals surface area (Å²) in [5, 5.41) is 25.1. The summed E-state index contributed by atoms with van der Waals surface area (Å²) in [7, 11) is 0. The lowest BCUT2D eigenvalue weighted by atomic mass is 9.80. The van der Waals surface area contributed by atoms with Gasteiger partial charge < -0.3 is 29.3 Å². The van der Waals surface area contributed by atoms with Gasteiger partial charge in [0, 0.05) is 17.8 Å². The molecule has 1 atom stereocenters. The molecule has 0 radical (unpaired) electrons. The summed E-state index contributed by atoms with van der Waals surface area (Å²) >= 11 is 1.25. The summed E-state index contributed by atoms with van der Waals surface area (Å²) in [4.78, 5) is 80.3. The second-order valence-corrected chi connectivity index (χ2v) is 15.9. The van der Waals surface area contributed by atoms with Gasteiger partial charge in [-0.2, -0.15) is 0 Å². The van der Waals surface area contributed by atoms with Crippen LogP contribution in [0.2, 0.25) is 0 Å². The lowest BCUT2D eigenvalue weighted by Gasteiger charge is -2.28. The van der Waals surface area contributed by atoms with Crippen LogP contribution in [-0.2, 0) is 43.2 Å². The van der Waals surface area contributed by atoms with Gasteiger partial charge in [0.25, 0.3) is 0 Å². The number of hydrogen-bond donors (Lipinski definition) is 4. The number of carbonyl (C=O) groups is 6. The molecule has 0 bridgehead atoms. The first-order valence-electron chi connectivity index (χ1n) is 17.5. The smallest absolute Gasteiger partial charge is 0.414 e. The third-order valence-corrected chi connectivity index (χ3v) is 8.84. The summed E-state index contributed by atoms with van der Waals surface area (Å²) in [6.07, 6.45) is 0.432. The number of hydrogen-bond acceptors (Lipinski definition) is 11. The van der Waals surface area contributed by atoms with E-state index in [1.165, 1.54) is 40.5 Å². The van der Waals surface area contributed by atoms with Crippen molar-refractivity contribution in [2.24, 2.45) is 4.99 Å². The molecule has 4 rings (SSSR count). The van der Waals surface area contributed by atoms with Crippen LogP contribution >= 0.6 is 11.3 Å². The largest absolute Gasteiger partial charge is 0.481 e. The van der Waals surface area contributed by atoms with E-state index in [0.29, 0.717) is 22.6 Å². The molecule has 3 aromatic rings. The zero-order valence-electron chi connectivity index (χ0n) is 31.6. The highest BCUT2D eigenvalue weighted by atomic mass is 32.1. The molecule has 0 aliphatic heterocycles. The van der Waals surface area contributed by atoms with Gasteiger partial charge in [0.2, 0.25) is 11.9 Å². The molecule has 0 spiro atoms. The number of fused-ring (bicyclic) bond motifs is 1. The van der Waals surface area contributed by atoms with Gasteiger partial charge in [-0.15, -0.1) is 11.3 Å². The second-order valence-electron chi connectivity index (χ2n) is 14.9. The number of amides is 3. The highest BCUT2D eigenvalue weighted by Crippen LogP contribution is 2.36. The molecule has 15 nitrogen and oxygen atoms in total. The topological polar surface area (TPSA) is 210 Å². The Hall–Kier alpha value is -5.77. The van der Waals surface area contributed by atoms with Crippen LogP contribution < -0.4 is 15.4 Å². The number of rotatable bonds is 11. The lowest BCUT2D eigenvalue weighted by Crippen LogP contribution is -2.47. The molecule has 3 amide bonds. The summed E-state index contributed by atoms with van der Waals surface area (Å²) < 4.78 is 16.2. The minimum Gasteiger partial charge on any atom is -0.481 e. The van der Waals surface area contributed by atoms with Crippen molar-refractivity contribution < 1.29 is 53.2 Å². The Morgan fingerprint density at radius 1 is 0.873 bits per heavy atom. The molecule has 294 valence electrons. The SMILES string of the molecule is CC(C)(C)OC(=O)NC(=Nc1ccc(C(=O)Oc2ccc3c(c2)CCCC3CC(=O)N(CC(=O)O)Cc2csc(CC(=O)O)c2)cc1)NC(=O)OC(C)(C)C. The Balaban J connectivity index is 1.43. The number of benzene rings is 2. The first-order valence-corrected chi connectivity index (χ1v) is 18.4. The van der Waals surface area contributed by atoms with Crippen LogP contribution in [0, 0.1) is 0 Å². The van der Waals surface area contributed by atoms with E-state index in [1.807, 2.05) is 6.07 Å². The second kappa shape index (κ2) is 18.0. The normalized spacial score (nSPS) is 13.7. The van der Waals surface area contributed by atoms with Crippen molar-refractivity contribution in [2.75, 3.05) is 6.54 Å². The van der Waals surface area contributed by atoms with Gasteiger partial charge >= 0.3 is 30.1 Å². The van der Waals surface area contributed by atoms with Crippen LogP contribution in [0.25, 0.3) is 0 Å². The molecule has 1 aliphatic carbocycles. The number of carbonyl (C=O) groups excluding carboxylic acids is 4. The van der Waals surface area contributed by atoms with Crippen LogP contribution in [0.4, 0.5) is 15.3 Å². The van der Waals surface area contributed by atoms with Crippen molar-refractivity contribution in [2.45, 2.75) is 97.3 Å². The zero-order chi connectivity index (χ0) is 40.5. The Kier molecular flexibility index (Phi) is 13.8. The van der Waals surface area contributed by atoms with Crippen molar-refractivity contribution in [3.63, 3.8) is 0 Å². The van der Waals surface area contributed by atoms with E-state index in [4.69, 9.17) is 19.3 Å². The van der Waals surface area contributed by atoms with Gasteiger partial charge in [-0.1, -0.05) is 6.07 Å². The maximum Gasteiger partial charge on any atom is 0.414 e. The minimum absolute atomic E-state index is 0.0517. The molecule has 1 heterocycles. The number of aliphatic carboxylic acids is 2. The van der Waals surface area contributed by atoms with Crippen LogP contribution in [0.1, 0.15) is 98.6 Å². The van der Waals surface area contributed by atoms with E-state index in [0.717, 1.165) is 24.0 Å². The van der Waals surface area contributed by atoms with Gasteiger partial charge in [-0.05, 0) is 131 Å². The molecule has 1 aliphatic rings. The fourth-order valence-electron chi connectivity index (χ4n) is 5.73. The number of ether oxygens (including phenoxy) is 3. The molecule has 1 aromatic heterocycles. The Morgan fingerprint density at radius 2 is 1.51 bits per heavy atom. The third-order valence-electron chi connectivity index (χ3n) is 7.85. The Morgan fingerprint density at radius 3 is 2.09 bits per heavy atom. The highest BCUT2D eigenvalue weighted by Gasteiger charge is 2.27. The quantitative estimate of drug-likeness (QED) is 0.0709. The van der Waals surface area contributed by atoms with Gasteiger partial charge in [-0.3, -0.25) is 25.0 Å². The number of esters is 1. The molecule has 0 saturated heterocycles. The first-order chi connectivity index (χ1) is 25.7. The fourth-order valence-corrected chi connectivity index (χ4v) is 6.60. The molecule has 1 unspecified atom stereocenters. The molecule has 55 heavy (non-hydrogen) atoms. The molecule has 16 heteroatoms. The van der Waals surface area contributed by atoms with E-state index in [2.05, 4.69) is 15.6 Å². The average molecular weight is 779 g/mol. The monoisotopic (exact) mass is 778 g/mol. The maximum atomic E-state index is 13.4. The number of alkyl carbamates (subject to hydrolysis) is 2. The van der Waals surface area contributed by atoms with Crippen molar-refractivity contribution in [3.05, 3.63) is 81.0 Å². The van der Waals surface area contributed by atoms with Crippen LogP contribution in [0.5, 0.6) is 5.75 Å².